The monoisotopic (exact) mass is 720 g/mol. The number of phenols is 1. The Morgan fingerprint density at radius 1 is 0.707 bits per heavy atom. The molecule has 19 N–H and O–H groups in total. The van der Waals surface area contributed by atoms with E-state index < -0.39 is 60.0 Å². The van der Waals surface area contributed by atoms with E-state index in [1.165, 1.54) is 18.2 Å². The topological polar surface area (TPSA) is 469 Å². The van der Waals surface area contributed by atoms with Crippen LogP contribution >= 0.6 is 0 Å². The first-order valence-corrected chi connectivity index (χ1v) is 14.2. The van der Waals surface area contributed by atoms with Crippen molar-refractivity contribution in [2.45, 2.75) is 9.79 Å². The Labute approximate surface area is 278 Å². The van der Waals surface area contributed by atoms with Gasteiger partial charge in [0.05, 0.1) is 0 Å². The predicted octanol–water partition coefficient (Wildman–Crippen LogP) is -12.3. The van der Waals surface area contributed by atoms with Gasteiger partial charge in [-0.1, -0.05) is 0 Å². The third-order valence-electron chi connectivity index (χ3n) is 4.03. The molecule has 20 nitrogen and oxygen atoms in total. The Kier molecular flexibility index (Phi) is 31.5. The summed E-state index contributed by atoms with van der Waals surface area (Å²) in [5.41, 5.74) is -0.869. The second-order valence-electron chi connectivity index (χ2n) is 6.10. The second kappa shape index (κ2) is 21.7. The number of hydrogen-bond acceptors (Lipinski definition) is 10. The van der Waals surface area contributed by atoms with Crippen molar-refractivity contribution < 1.29 is 146 Å². The molecule has 0 amide bonds. The summed E-state index contributed by atoms with van der Waals surface area (Å²) >= 11 is -5.43. The Morgan fingerprint density at radius 3 is 1.63 bits per heavy atom. The van der Waals surface area contributed by atoms with E-state index in [0.29, 0.717) is 6.07 Å². The molecule has 0 saturated carbocycles. The molecule has 0 aliphatic heterocycles. The minimum Gasteiger partial charge on any atom is 1.00 e. The van der Waals surface area contributed by atoms with Crippen LogP contribution in [0.25, 0.3) is 10.8 Å². The maximum absolute atomic E-state index is 11.7. The Balaban J connectivity index is -0.000000181. The van der Waals surface area contributed by atoms with Crippen LogP contribution in [0.4, 0.5) is 11.4 Å². The van der Waals surface area contributed by atoms with Gasteiger partial charge >= 0.3 is 237 Å². The number of benzene rings is 3. The molecular weight excluding hydrogens is 693 g/mol. The van der Waals surface area contributed by atoms with Gasteiger partial charge in [-0.25, -0.2) is 0 Å². The fraction of sp³-hybridized carbons (Fsp3) is 0. The SMILES string of the molecule is O.O.O.O.O.O.O.O.O=S(=O)([O-])c1ccc2c(N=Nc3ccccc3[As](=O)(O)O)c(O)c(S(=O)(=O)[O-])cc2c1.[Na+].[Na+]. The number of hydrogen-bond donors (Lipinski definition) is 3. The van der Waals surface area contributed by atoms with Gasteiger partial charge in [0.2, 0.25) is 0 Å². The third-order valence-corrected chi connectivity index (χ3v) is 7.83. The quantitative estimate of drug-likeness (QED) is 0.127. The molecule has 0 saturated heterocycles. The van der Waals surface area contributed by atoms with Crippen LogP contribution in [0.15, 0.2) is 68.6 Å². The van der Waals surface area contributed by atoms with Crippen LogP contribution in [0.2, 0.25) is 0 Å². The molecular formula is C16H27AsN2Na2O18S2. The molecule has 41 heavy (non-hydrogen) atoms. The van der Waals surface area contributed by atoms with Crippen LogP contribution < -0.4 is 63.5 Å². The molecule has 0 unspecified atom stereocenters. The summed E-state index contributed by atoms with van der Waals surface area (Å²) in [6.07, 6.45) is 0. The molecule has 228 valence electrons. The number of azo groups is 1. The first kappa shape index (κ1) is 59.5. The van der Waals surface area contributed by atoms with Gasteiger partial charge in [0, 0.05) is 0 Å². The van der Waals surface area contributed by atoms with Gasteiger partial charge in [-0.2, -0.15) is 0 Å². The zero-order valence-corrected chi connectivity index (χ0v) is 28.5. The van der Waals surface area contributed by atoms with Crippen molar-refractivity contribution in [3.8, 4) is 5.75 Å². The molecule has 0 atom stereocenters. The van der Waals surface area contributed by atoms with Crippen LogP contribution in [0.5, 0.6) is 5.75 Å². The van der Waals surface area contributed by atoms with E-state index in [2.05, 4.69) is 10.2 Å². The zero-order valence-electron chi connectivity index (χ0n) is 21.0. The molecule has 3 aromatic rings. The van der Waals surface area contributed by atoms with E-state index in [4.69, 9.17) is 0 Å². The van der Waals surface area contributed by atoms with E-state index in [1.807, 2.05) is 0 Å². The fourth-order valence-electron chi connectivity index (χ4n) is 2.68. The van der Waals surface area contributed by atoms with Gasteiger partial charge in [0.1, 0.15) is 0 Å². The van der Waals surface area contributed by atoms with E-state index in [-0.39, 0.29) is 119 Å². The fourth-order valence-corrected chi connectivity index (χ4v) is 5.25. The molecule has 3 rings (SSSR count). The Bertz CT molecular complexity index is 1520. The molecule has 0 fully saturated rings. The normalized spacial score (nSPS) is 9.95. The van der Waals surface area contributed by atoms with Gasteiger partial charge in [-0.3, -0.25) is 0 Å². The number of rotatable bonds is 5. The number of fused-ring (bicyclic) bond motifs is 1. The molecule has 0 bridgehead atoms. The molecule has 3 aromatic carbocycles. The number of aromatic hydroxyl groups is 1. The third kappa shape index (κ3) is 14.0. The molecule has 0 aliphatic carbocycles. The van der Waals surface area contributed by atoms with Crippen LogP contribution in [0, 0.1) is 0 Å². The summed E-state index contributed by atoms with van der Waals surface area (Å²) in [4.78, 5) is -1.88. The summed E-state index contributed by atoms with van der Waals surface area (Å²) in [5.74, 6) is -1.11. The molecule has 0 aromatic heterocycles. The average Bonchev–Trinajstić information content (AvgIpc) is 2.64. The van der Waals surface area contributed by atoms with E-state index in [9.17, 15) is 43.0 Å². The van der Waals surface area contributed by atoms with Crippen molar-refractivity contribution in [1.82, 2.24) is 0 Å². The van der Waals surface area contributed by atoms with Gasteiger partial charge in [-0.15, -0.1) is 0 Å². The van der Waals surface area contributed by atoms with E-state index in [0.717, 1.165) is 24.3 Å². The van der Waals surface area contributed by atoms with Crippen molar-refractivity contribution >= 4 is 60.9 Å². The largest absolute Gasteiger partial charge is 1.00 e. The summed E-state index contributed by atoms with van der Waals surface area (Å²) in [6, 6.07) is 8.42. The molecule has 25 heteroatoms. The van der Waals surface area contributed by atoms with Crippen LogP contribution in [0.3, 0.4) is 0 Å². The van der Waals surface area contributed by atoms with E-state index >= 15 is 0 Å². The van der Waals surface area contributed by atoms with Crippen LogP contribution in [0.1, 0.15) is 0 Å². The molecule has 0 aliphatic rings. The Morgan fingerprint density at radius 2 is 1.20 bits per heavy atom. The summed E-state index contributed by atoms with van der Waals surface area (Å²) in [7, 11) is -10.2. The minimum atomic E-state index is -5.43. The van der Waals surface area contributed by atoms with Crippen LogP contribution in [-0.2, 0) is 24.0 Å². The molecule has 0 heterocycles. The second-order valence-corrected chi connectivity index (χ2v) is 12.1. The van der Waals surface area contributed by atoms with Gasteiger partial charge in [0.15, 0.2) is 0 Å². The zero-order chi connectivity index (χ0) is 23.2. The summed E-state index contributed by atoms with van der Waals surface area (Å²) in [6.45, 7) is 0. The van der Waals surface area contributed by atoms with Crippen molar-refractivity contribution in [3.05, 3.63) is 48.5 Å². The van der Waals surface area contributed by atoms with Gasteiger partial charge in [-0.05, 0) is 0 Å². The van der Waals surface area contributed by atoms with E-state index in [1.54, 1.807) is 0 Å². The first-order valence-electron chi connectivity index (χ1n) is 7.98. The smallest absolute Gasteiger partial charge is 1.00 e. The average molecular weight is 720 g/mol. The maximum atomic E-state index is 11.7. The minimum absolute atomic E-state index is 0. The Hall–Kier alpha value is -0.902. The molecule has 0 spiro atoms. The number of nitrogens with zero attached hydrogens (tertiary/aromatic N) is 2. The van der Waals surface area contributed by atoms with Crippen molar-refractivity contribution in [2.75, 3.05) is 0 Å². The first-order chi connectivity index (χ1) is 14.2. The van der Waals surface area contributed by atoms with Crippen molar-refractivity contribution in [3.63, 3.8) is 0 Å². The number of phenolic OH excluding ortho intramolecular Hbond substituents is 1. The predicted molar refractivity (Wildman–Crippen MR) is 132 cm³/mol. The van der Waals surface area contributed by atoms with Crippen molar-refractivity contribution in [2.24, 2.45) is 10.2 Å². The molecule has 0 radical (unpaired) electrons. The summed E-state index contributed by atoms with van der Waals surface area (Å²) in [5, 5.41) is 17.3. The van der Waals surface area contributed by atoms with Crippen LogP contribution in [-0.4, -0.2) is 97.2 Å². The van der Waals surface area contributed by atoms with Gasteiger partial charge < -0.3 is 43.8 Å². The van der Waals surface area contributed by atoms with Crippen molar-refractivity contribution in [1.29, 1.82) is 0 Å². The summed E-state index contributed by atoms with van der Waals surface area (Å²) < 4.78 is 98.5. The standard InChI is InChI=1S/C16H13AsN2O10S2.2Na.8H2O/c20-16-14(31(27,28)29)8-9-7-10(30(24,25)26)5-6-11(9)15(16)19-18-13-4-2-1-3-12(13)17(21,22)23;;;;;;;;;;/h1-8,20H,(H2,21,22,23)(H,24,25,26)(H,27,28,29);;;8*1H2/q;2*+1;;;;;;;;/p-2. The maximum Gasteiger partial charge on any atom is 1.00 e. The van der Waals surface area contributed by atoms with Gasteiger partial charge in [0.25, 0.3) is 0 Å².